The molecule has 3 aromatic carbocycles. The number of halogens is 1. The Morgan fingerprint density at radius 1 is 1.03 bits per heavy atom. The van der Waals surface area contributed by atoms with E-state index in [9.17, 15) is 9.59 Å². The highest BCUT2D eigenvalue weighted by molar-refractivity contribution is 6.32. The van der Waals surface area contributed by atoms with Gasteiger partial charge in [-0.2, -0.15) is 0 Å². The molecular weight excluding hydrogens is 404 g/mol. The molecule has 152 valence electrons. The van der Waals surface area contributed by atoms with Crippen LogP contribution in [0.15, 0.2) is 54.6 Å². The lowest BCUT2D eigenvalue weighted by Crippen LogP contribution is -2.40. The monoisotopic (exact) mass is 422 g/mol. The van der Waals surface area contributed by atoms with Crippen molar-refractivity contribution in [3.05, 3.63) is 70.7 Å². The third kappa shape index (κ3) is 2.95. The van der Waals surface area contributed by atoms with Crippen LogP contribution in [0, 0.1) is 0 Å². The van der Waals surface area contributed by atoms with Crippen molar-refractivity contribution in [3.63, 3.8) is 0 Å². The van der Waals surface area contributed by atoms with Crippen LogP contribution in [-0.4, -0.2) is 30.1 Å². The second-order valence-electron chi connectivity index (χ2n) is 7.61. The molecule has 0 spiro atoms. The number of rotatable bonds is 3. The van der Waals surface area contributed by atoms with Crippen LogP contribution in [0.3, 0.4) is 0 Å². The van der Waals surface area contributed by atoms with E-state index in [1.165, 1.54) is 4.90 Å². The number of urea groups is 1. The van der Waals surface area contributed by atoms with Gasteiger partial charge < -0.3 is 14.8 Å². The van der Waals surface area contributed by atoms with Gasteiger partial charge in [0.05, 0.1) is 11.6 Å². The summed E-state index contributed by atoms with van der Waals surface area (Å²) in [5.41, 5.74) is 0.288. The number of imide groups is 1. The Morgan fingerprint density at radius 2 is 1.80 bits per heavy atom. The number of carbonyl (C=O) groups excluding carboxylic acids is 2. The van der Waals surface area contributed by atoms with E-state index in [-0.39, 0.29) is 12.5 Å². The van der Waals surface area contributed by atoms with E-state index in [0.717, 1.165) is 16.3 Å². The smallest absolute Gasteiger partial charge is 0.325 e. The number of hydrogen-bond donors (Lipinski definition) is 1. The molecule has 0 saturated carbocycles. The molecule has 1 N–H and O–H groups in total. The number of nitrogens with zero attached hydrogens (tertiary/aromatic N) is 1. The van der Waals surface area contributed by atoms with Crippen molar-refractivity contribution in [2.45, 2.75) is 19.0 Å². The van der Waals surface area contributed by atoms with Gasteiger partial charge in [0.25, 0.3) is 5.91 Å². The summed E-state index contributed by atoms with van der Waals surface area (Å²) in [7, 11) is 0. The zero-order valence-electron chi connectivity index (χ0n) is 16.3. The maximum Gasteiger partial charge on any atom is 0.325 e. The van der Waals surface area contributed by atoms with Crippen LogP contribution < -0.4 is 14.8 Å². The second-order valence-corrected chi connectivity index (χ2v) is 8.02. The van der Waals surface area contributed by atoms with Gasteiger partial charge in [-0.05, 0) is 47.0 Å². The van der Waals surface area contributed by atoms with E-state index in [0.29, 0.717) is 35.3 Å². The lowest BCUT2D eigenvalue weighted by molar-refractivity contribution is -0.131. The first-order valence-corrected chi connectivity index (χ1v) is 10.0. The van der Waals surface area contributed by atoms with Crippen molar-refractivity contribution < 1.29 is 19.1 Å². The Bertz CT molecular complexity index is 1200. The largest absolute Gasteiger partial charge is 0.486 e. The number of ether oxygens (including phenoxy) is 2. The summed E-state index contributed by atoms with van der Waals surface area (Å²) < 4.78 is 11.1. The first-order chi connectivity index (χ1) is 14.5. The van der Waals surface area contributed by atoms with E-state index in [4.69, 9.17) is 21.1 Å². The molecule has 3 aromatic rings. The van der Waals surface area contributed by atoms with E-state index in [2.05, 4.69) is 5.32 Å². The Hall–Kier alpha value is -3.25. The fourth-order valence-electron chi connectivity index (χ4n) is 3.97. The maximum absolute atomic E-state index is 13.3. The van der Waals surface area contributed by atoms with Gasteiger partial charge in [-0.1, -0.05) is 48.0 Å². The lowest BCUT2D eigenvalue weighted by Gasteiger charge is -2.23. The standard InChI is InChI=1S/C23H19ClN2O4/c1-23(17-7-6-15-4-2-3-5-16(15)12-17)21(27)26(22(28)25-23)13-14-10-18(24)20-19(11-14)29-8-9-30-20/h2-7,10-12H,8-9,13H2,1H3,(H,25,28)/t23-/m1/s1. The van der Waals surface area contributed by atoms with Gasteiger partial charge in [0.1, 0.15) is 18.8 Å². The average Bonchev–Trinajstić information content (AvgIpc) is 2.97. The molecule has 0 radical (unpaired) electrons. The van der Waals surface area contributed by atoms with Crippen molar-refractivity contribution in [2.75, 3.05) is 13.2 Å². The number of benzene rings is 3. The number of nitrogens with one attached hydrogen (secondary N) is 1. The highest BCUT2D eigenvalue weighted by Crippen LogP contribution is 2.39. The molecular formula is C23H19ClN2O4. The van der Waals surface area contributed by atoms with E-state index in [1.54, 1.807) is 19.1 Å². The van der Waals surface area contributed by atoms with Gasteiger partial charge >= 0.3 is 6.03 Å². The number of amides is 3. The minimum Gasteiger partial charge on any atom is -0.486 e. The zero-order valence-corrected chi connectivity index (χ0v) is 17.0. The summed E-state index contributed by atoms with van der Waals surface area (Å²) >= 11 is 6.30. The van der Waals surface area contributed by atoms with Gasteiger partial charge in [-0.15, -0.1) is 0 Å². The van der Waals surface area contributed by atoms with E-state index in [1.807, 2.05) is 42.5 Å². The number of hydrogen-bond acceptors (Lipinski definition) is 4. The SMILES string of the molecule is C[C@]1(c2ccc3ccccc3c2)NC(=O)N(Cc2cc(Cl)c3c(c2)OCCO3)C1=O. The zero-order chi connectivity index (χ0) is 20.9. The molecule has 30 heavy (non-hydrogen) atoms. The Labute approximate surface area is 178 Å². The quantitative estimate of drug-likeness (QED) is 0.641. The molecule has 0 aliphatic carbocycles. The summed E-state index contributed by atoms with van der Waals surface area (Å²) in [6.07, 6.45) is 0. The first kappa shape index (κ1) is 18.8. The van der Waals surface area contributed by atoms with Crippen LogP contribution in [0.2, 0.25) is 5.02 Å². The maximum atomic E-state index is 13.3. The number of carbonyl (C=O) groups is 2. The molecule has 6 nitrogen and oxygen atoms in total. The van der Waals surface area contributed by atoms with Crippen LogP contribution in [0.4, 0.5) is 4.79 Å². The topological polar surface area (TPSA) is 67.9 Å². The molecule has 2 aliphatic heterocycles. The van der Waals surface area contributed by atoms with Gasteiger partial charge in [-0.3, -0.25) is 9.69 Å². The summed E-state index contributed by atoms with van der Waals surface area (Å²) in [5, 5.41) is 5.33. The highest BCUT2D eigenvalue weighted by Gasteiger charge is 2.49. The Balaban J connectivity index is 1.46. The minimum absolute atomic E-state index is 0.0875. The third-order valence-corrected chi connectivity index (χ3v) is 5.88. The van der Waals surface area contributed by atoms with Gasteiger partial charge in [0.15, 0.2) is 11.5 Å². The van der Waals surface area contributed by atoms with Crippen molar-refractivity contribution in [3.8, 4) is 11.5 Å². The van der Waals surface area contributed by atoms with Crippen LogP contribution in [0.25, 0.3) is 10.8 Å². The molecule has 3 amide bonds. The Morgan fingerprint density at radius 3 is 2.63 bits per heavy atom. The molecule has 0 bridgehead atoms. The minimum atomic E-state index is -1.14. The molecule has 1 atom stereocenters. The molecule has 1 fully saturated rings. The summed E-state index contributed by atoms with van der Waals surface area (Å²) in [6, 6.07) is 16.7. The molecule has 2 heterocycles. The van der Waals surface area contributed by atoms with Crippen LogP contribution in [0.5, 0.6) is 11.5 Å². The van der Waals surface area contributed by atoms with Crippen LogP contribution >= 0.6 is 11.6 Å². The Kier molecular flexibility index (Phi) is 4.33. The van der Waals surface area contributed by atoms with Crippen LogP contribution in [0.1, 0.15) is 18.1 Å². The highest BCUT2D eigenvalue weighted by atomic mass is 35.5. The average molecular weight is 423 g/mol. The summed E-state index contributed by atoms with van der Waals surface area (Å²) in [4.78, 5) is 27.2. The molecule has 0 aromatic heterocycles. The molecule has 2 aliphatic rings. The number of fused-ring (bicyclic) bond motifs is 2. The molecule has 5 rings (SSSR count). The van der Waals surface area contributed by atoms with Crippen molar-refractivity contribution in [1.29, 1.82) is 0 Å². The molecule has 0 unspecified atom stereocenters. The fourth-order valence-corrected chi connectivity index (χ4v) is 4.26. The summed E-state index contributed by atoms with van der Waals surface area (Å²) in [6.45, 7) is 2.68. The fraction of sp³-hybridized carbons (Fsp3) is 0.217. The van der Waals surface area contributed by atoms with Crippen molar-refractivity contribution >= 4 is 34.3 Å². The van der Waals surface area contributed by atoms with Gasteiger partial charge in [0, 0.05) is 0 Å². The van der Waals surface area contributed by atoms with Crippen molar-refractivity contribution in [2.24, 2.45) is 0 Å². The third-order valence-electron chi connectivity index (χ3n) is 5.60. The van der Waals surface area contributed by atoms with Gasteiger partial charge in [0.2, 0.25) is 0 Å². The molecule has 1 saturated heterocycles. The predicted octanol–water partition coefficient (Wildman–Crippen LogP) is 4.23. The van der Waals surface area contributed by atoms with Crippen molar-refractivity contribution in [1.82, 2.24) is 10.2 Å². The first-order valence-electron chi connectivity index (χ1n) is 9.67. The second kappa shape index (κ2) is 6.92. The predicted molar refractivity (Wildman–Crippen MR) is 113 cm³/mol. The summed E-state index contributed by atoms with van der Waals surface area (Å²) in [5.74, 6) is 0.701. The molecule has 7 heteroatoms. The normalized spacial score (nSPS) is 20.5. The lowest BCUT2D eigenvalue weighted by atomic mass is 9.90. The van der Waals surface area contributed by atoms with Gasteiger partial charge in [-0.25, -0.2) is 4.79 Å². The van der Waals surface area contributed by atoms with Crippen LogP contribution in [-0.2, 0) is 16.9 Å². The van der Waals surface area contributed by atoms with E-state index < -0.39 is 11.6 Å². The van der Waals surface area contributed by atoms with E-state index >= 15 is 0 Å².